The Morgan fingerprint density at radius 1 is 0.611 bits per heavy atom. The first-order chi connectivity index (χ1) is 14.9. The Balaban J connectivity index is 0. The van der Waals surface area contributed by atoms with Crippen molar-refractivity contribution in [3.63, 3.8) is 0 Å². The Labute approximate surface area is 209 Å². The van der Waals surface area contributed by atoms with Gasteiger partial charge in [0.15, 0.2) is 0 Å². The third kappa shape index (κ3) is 5.93. The Hall–Kier alpha value is -0.390. The predicted octanol–water partition coefficient (Wildman–Crippen LogP) is 2.25. The van der Waals surface area contributed by atoms with Gasteiger partial charge in [-0.25, -0.2) is 17.2 Å². The van der Waals surface area contributed by atoms with Crippen molar-refractivity contribution in [1.82, 2.24) is 0 Å². The fourth-order valence-corrected chi connectivity index (χ4v) is 2.32. The minimum absolute atomic E-state index is 0. The topological polar surface area (TPSA) is 66.4 Å². The van der Waals surface area contributed by atoms with E-state index in [1.807, 2.05) is 0 Å². The second-order valence-electron chi connectivity index (χ2n) is 6.35. The number of hydrogen-bond donors (Lipinski definition) is 0. The standard InChI is InChI=1S/C12H8F18O4S.Na/c13-4(14)5(15,16)6(17,18)7(19,20)8(21,22)9(23,24)10(25,26)11(27,28)12(29,30)34-2-1-3-35(31,32)33;/h4H,1-3H2,(H,31,32,33);/q;+1/p-1. The summed E-state index contributed by atoms with van der Waals surface area (Å²) in [5.74, 6) is -60.9. The van der Waals surface area contributed by atoms with Crippen molar-refractivity contribution in [1.29, 1.82) is 0 Å². The normalized spacial score (nSPS) is 15.8. The van der Waals surface area contributed by atoms with Gasteiger partial charge in [0.2, 0.25) is 0 Å². The molecule has 0 aliphatic rings. The van der Waals surface area contributed by atoms with Crippen LogP contribution in [0.15, 0.2) is 0 Å². The molecule has 0 amide bonds. The van der Waals surface area contributed by atoms with Crippen molar-refractivity contribution in [2.45, 2.75) is 60.4 Å². The summed E-state index contributed by atoms with van der Waals surface area (Å²) in [6.07, 6.45) is -14.7. The molecule has 4 nitrogen and oxygen atoms in total. The van der Waals surface area contributed by atoms with Gasteiger partial charge in [-0.05, 0) is 6.42 Å². The molecule has 36 heavy (non-hydrogen) atoms. The summed E-state index contributed by atoms with van der Waals surface area (Å²) in [7, 11) is -5.30. The molecule has 212 valence electrons. The third-order valence-electron chi connectivity index (χ3n) is 3.85. The van der Waals surface area contributed by atoms with Crippen LogP contribution in [0.3, 0.4) is 0 Å². The van der Waals surface area contributed by atoms with Crippen molar-refractivity contribution in [3.8, 4) is 0 Å². The smallest absolute Gasteiger partial charge is 0.748 e. The first-order valence-electron chi connectivity index (χ1n) is 7.78. The monoisotopic (exact) mass is 612 g/mol. The van der Waals surface area contributed by atoms with E-state index in [-0.39, 0.29) is 29.6 Å². The predicted molar refractivity (Wildman–Crippen MR) is 70.7 cm³/mol. The molecule has 0 N–H and O–H groups in total. The summed E-state index contributed by atoms with van der Waals surface area (Å²) in [6.45, 7) is -2.20. The molecule has 0 aromatic heterocycles. The largest absolute Gasteiger partial charge is 1.00 e. The molecule has 0 aromatic carbocycles. The summed E-state index contributed by atoms with van der Waals surface area (Å²) in [6, 6.07) is 0. The zero-order chi connectivity index (χ0) is 28.9. The van der Waals surface area contributed by atoms with Crippen molar-refractivity contribution >= 4 is 10.1 Å². The average Bonchev–Trinajstić information content (AvgIpc) is 2.63. The van der Waals surface area contributed by atoms with Crippen LogP contribution >= 0.6 is 0 Å². The maximum Gasteiger partial charge on any atom is 1.00 e. The van der Waals surface area contributed by atoms with Crippen molar-refractivity contribution in [3.05, 3.63) is 0 Å². The van der Waals surface area contributed by atoms with Crippen molar-refractivity contribution in [2.75, 3.05) is 12.4 Å². The Morgan fingerprint density at radius 3 is 1.22 bits per heavy atom. The van der Waals surface area contributed by atoms with Crippen LogP contribution in [0.2, 0.25) is 0 Å². The molecule has 0 fully saturated rings. The van der Waals surface area contributed by atoms with Crippen LogP contribution in [-0.2, 0) is 14.9 Å². The van der Waals surface area contributed by atoms with Gasteiger partial charge in [-0.3, -0.25) is 0 Å². The quantitative estimate of drug-likeness (QED) is 0.139. The van der Waals surface area contributed by atoms with E-state index in [1.165, 1.54) is 0 Å². The fourth-order valence-electron chi connectivity index (χ4n) is 1.84. The second-order valence-corrected chi connectivity index (χ2v) is 7.87. The molecule has 0 bridgehead atoms. The van der Waals surface area contributed by atoms with Gasteiger partial charge in [0.1, 0.15) is 0 Å². The maximum atomic E-state index is 13.4. The molecule has 0 atom stereocenters. The molecular formula is C12H7F18NaO4S. The molecule has 0 radical (unpaired) electrons. The summed E-state index contributed by atoms with van der Waals surface area (Å²) in [5, 5.41) is 0. The van der Waals surface area contributed by atoms with Gasteiger partial charge in [-0.1, -0.05) is 0 Å². The van der Waals surface area contributed by atoms with Crippen molar-refractivity contribution < 1.29 is 126 Å². The molecule has 0 aromatic rings. The van der Waals surface area contributed by atoms with Gasteiger partial charge in [0.05, 0.1) is 16.7 Å². The van der Waals surface area contributed by atoms with Gasteiger partial charge in [0, 0.05) is 5.75 Å². The Kier molecular flexibility index (Phi) is 11.2. The molecule has 0 saturated carbocycles. The molecular weight excluding hydrogens is 605 g/mol. The van der Waals surface area contributed by atoms with E-state index in [9.17, 15) is 92.0 Å². The van der Waals surface area contributed by atoms with Crippen LogP contribution in [0.4, 0.5) is 79.0 Å². The van der Waals surface area contributed by atoms with E-state index in [1.54, 1.807) is 0 Å². The second kappa shape index (κ2) is 10.6. The molecule has 0 heterocycles. The van der Waals surface area contributed by atoms with Crippen LogP contribution in [-0.4, -0.2) is 79.3 Å². The maximum absolute atomic E-state index is 13.4. The molecule has 24 heteroatoms. The van der Waals surface area contributed by atoms with E-state index in [4.69, 9.17) is 0 Å². The van der Waals surface area contributed by atoms with Crippen LogP contribution in [0.25, 0.3) is 0 Å². The number of ether oxygens (including phenoxy) is 1. The van der Waals surface area contributed by atoms with E-state index < -0.39 is 82.9 Å². The van der Waals surface area contributed by atoms with Crippen LogP contribution in [0.1, 0.15) is 6.42 Å². The Bertz CT molecular complexity index is 858. The van der Waals surface area contributed by atoms with Gasteiger partial charge in [-0.2, -0.15) is 70.2 Å². The average molecular weight is 612 g/mol. The molecule has 0 aliphatic heterocycles. The minimum atomic E-state index is -8.86. The van der Waals surface area contributed by atoms with E-state index in [2.05, 4.69) is 4.74 Å². The summed E-state index contributed by atoms with van der Waals surface area (Å²) >= 11 is 0. The first kappa shape index (κ1) is 37.8. The molecule has 0 saturated heterocycles. The van der Waals surface area contributed by atoms with Gasteiger partial charge in [-0.15, -0.1) is 0 Å². The molecule has 0 unspecified atom stereocenters. The Morgan fingerprint density at radius 2 is 0.917 bits per heavy atom. The fraction of sp³-hybridized carbons (Fsp3) is 1.00. The SMILES string of the molecule is O=S(=O)([O-])CCCOC(F)(F)C(F)(F)C(F)(F)C(F)(F)C(F)(F)C(F)(F)C(F)(F)C(F)(F)C(F)F.[Na+]. The van der Waals surface area contributed by atoms with Crippen LogP contribution in [0.5, 0.6) is 0 Å². The summed E-state index contributed by atoms with van der Waals surface area (Å²) in [4.78, 5) is 0. The number of halogens is 18. The third-order valence-corrected chi connectivity index (χ3v) is 4.64. The van der Waals surface area contributed by atoms with Gasteiger partial charge in [0.25, 0.3) is 0 Å². The minimum Gasteiger partial charge on any atom is -0.748 e. The van der Waals surface area contributed by atoms with Crippen LogP contribution < -0.4 is 29.6 Å². The molecule has 0 rings (SSSR count). The molecule has 0 aliphatic carbocycles. The van der Waals surface area contributed by atoms with E-state index in [0.29, 0.717) is 0 Å². The first-order valence-corrected chi connectivity index (χ1v) is 9.36. The van der Waals surface area contributed by atoms with Crippen molar-refractivity contribution in [2.24, 2.45) is 0 Å². The zero-order valence-electron chi connectivity index (χ0n) is 16.5. The van der Waals surface area contributed by atoms with Crippen LogP contribution in [0, 0.1) is 0 Å². The zero-order valence-corrected chi connectivity index (χ0v) is 19.4. The number of rotatable bonds is 13. The number of alkyl halides is 18. The summed E-state index contributed by atoms with van der Waals surface area (Å²) in [5.41, 5.74) is 0. The number of hydrogen-bond acceptors (Lipinski definition) is 4. The van der Waals surface area contributed by atoms with Gasteiger partial charge < -0.3 is 9.29 Å². The van der Waals surface area contributed by atoms with E-state index in [0.717, 1.165) is 0 Å². The summed E-state index contributed by atoms with van der Waals surface area (Å²) < 4.78 is 268. The molecule has 0 spiro atoms. The van der Waals surface area contributed by atoms with Gasteiger partial charge >= 0.3 is 83.5 Å². The van der Waals surface area contributed by atoms with E-state index >= 15 is 0 Å².